The van der Waals surface area contributed by atoms with E-state index in [-0.39, 0.29) is 5.69 Å². The zero-order chi connectivity index (χ0) is 13.7. The number of hydrogen-bond acceptors (Lipinski definition) is 4. The average Bonchev–Trinajstić information content (AvgIpc) is 2.28. The minimum atomic E-state index is -0.404. The van der Waals surface area contributed by atoms with E-state index in [2.05, 4.69) is 27.7 Å². The second kappa shape index (κ2) is 6.47. The highest BCUT2D eigenvalue weighted by Gasteiger charge is 2.14. The van der Waals surface area contributed by atoms with Crippen molar-refractivity contribution in [3.05, 3.63) is 39.9 Å². The Morgan fingerprint density at radius 3 is 2.06 bits per heavy atom. The first-order valence-electron chi connectivity index (χ1n) is 6.06. The molecule has 0 N–H and O–H groups in total. The van der Waals surface area contributed by atoms with E-state index in [1.54, 1.807) is 12.1 Å². The van der Waals surface area contributed by atoms with E-state index in [0.29, 0.717) is 18.7 Å². The van der Waals surface area contributed by atoms with Crippen molar-refractivity contribution in [3.63, 3.8) is 0 Å². The highest BCUT2D eigenvalue weighted by Crippen LogP contribution is 2.14. The SMILES string of the molecule is CC(C)N(OCc1ccc([N+](=O)[O-])cc1)C(C)C. The van der Waals surface area contributed by atoms with Gasteiger partial charge >= 0.3 is 0 Å². The van der Waals surface area contributed by atoms with E-state index in [0.717, 1.165) is 5.56 Å². The van der Waals surface area contributed by atoms with E-state index in [1.165, 1.54) is 12.1 Å². The summed E-state index contributed by atoms with van der Waals surface area (Å²) in [5, 5.41) is 12.4. The summed E-state index contributed by atoms with van der Waals surface area (Å²) in [4.78, 5) is 15.8. The molecule has 1 aromatic rings. The smallest absolute Gasteiger partial charge is 0.269 e. The van der Waals surface area contributed by atoms with E-state index >= 15 is 0 Å². The fourth-order valence-corrected chi connectivity index (χ4v) is 1.76. The molecule has 0 saturated heterocycles. The molecular formula is C13H20N2O3. The van der Waals surface area contributed by atoms with Gasteiger partial charge in [0.15, 0.2) is 0 Å². The Morgan fingerprint density at radius 1 is 1.17 bits per heavy atom. The predicted molar refractivity (Wildman–Crippen MR) is 70.0 cm³/mol. The van der Waals surface area contributed by atoms with Gasteiger partial charge in [-0.3, -0.25) is 15.0 Å². The van der Waals surface area contributed by atoms with Crippen molar-refractivity contribution in [3.8, 4) is 0 Å². The van der Waals surface area contributed by atoms with Crippen molar-refractivity contribution >= 4 is 5.69 Å². The van der Waals surface area contributed by atoms with Crippen LogP contribution >= 0.6 is 0 Å². The van der Waals surface area contributed by atoms with Gasteiger partial charge in [-0.25, -0.2) is 0 Å². The zero-order valence-corrected chi connectivity index (χ0v) is 11.3. The lowest BCUT2D eigenvalue weighted by molar-refractivity contribution is -0.384. The molecule has 0 aliphatic heterocycles. The van der Waals surface area contributed by atoms with Crippen molar-refractivity contribution in [1.82, 2.24) is 5.06 Å². The molecule has 1 rings (SSSR count). The molecule has 0 radical (unpaired) electrons. The van der Waals surface area contributed by atoms with E-state index < -0.39 is 4.92 Å². The zero-order valence-electron chi connectivity index (χ0n) is 11.3. The molecule has 0 atom stereocenters. The fourth-order valence-electron chi connectivity index (χ4n) is 1.76. The maximum absolute atomic E-state index is 10.5. The average molecular weight is 252 g/mol. The molecule has 0 aliphatic rings. The van der Waals surface area contributed by atoms with Crippen LogP contribution in [0.15, 0.2) is 24.3 Å². The van der Waals surface area contributed by atoms with Crippen LogP contribution in [0.3, 0.4) is 0 Å². The lowest BCUT2D eigenvalue weighted by atomic mass is 10.2. The molecule has 100 valence electrons. The maximum Gasteiger partial charge on any atom is 0.269 e. The molecule has 0 spiro atoms. The van der Waals surface area contributed by atoms with Gasteiger partial charge in [0.25, 0.3) is 5.69 Å². The third kappa shape index (κ3) is 4.09. The number of nitro benzene ring substituents is 1. The number of non-ortho nitro benzene ring substituents is 1. The highest BCUT2D eigenvalue weighted by atomic mass is 16.7. The van der Waals surface area contributed by atoms with Crippen LogP contribution < -0.4 is 0 Å². The van der Waals surface area contributed by atoms with Gasteiger partial charge in [-0.05, 0) is 45.4 Å². The van der Waals surface area contributed by atoms with Crippen LogP contribution in [0.2, 0.25) is 0 Å². The second-order valence-corrected chi connectivity index (χ2v) is 4.74. The number of rotatable bonds is 6. The van der Waals surface area contributed by atoms with Crippen molar-refractivity contribution in [2.75, 3.05) is 0 Å². The van der Waals surface area contributed by atoms with Crippen LogP contribution in [0.4, 0.5) is 5.69 Å². The molecule has 0 unspecified atom stereocenters. The Morgan fingerprint density at radius 2 is 1.67 bits per heavy atom. The minimum absolute atomic E-state index is 0.100. The van der Waals surface area contributed by atoms with Crippen molar-refractivity contribution in [2.24, 2.45) is 0 Å². The summed E-state index contributed by atoms with van der Waals surface area (Å²) in [7, 11) is 0. The van der Waals surface area contributed by atoms with E-state index in [4.69, 9.17) is 4.84 Å². The molecule has 5 heteroatoms. The van der Waals surface area contributed by atoms with Crippen molar-refractivity contribution in [1.29, 1.82) is 0 Å². The van der Waals surface area contributed by atoms with Gasteiger partial charge in [0.2, 0.25) is 0 Å². The Balaban J connectivity index is 2.60. The molecule has 0 fully saturated rings. The first kappa shape index (κ1) is 14.6. The third-order valence-corrected chi connectivity index (χ3v) is 2.55. The summed E-state index contributed by atoms with van der Waals surface area (Å²) in [5.41, 5.74) is 1.02. The third-order valence-electron chi connectivity index (χ3n) is 2.55. The Kier molecular flexibility index (Phi) is 5.25. The molecule has 0 heterocycles. The van der Waals surface area contributed by atoms with Crippen LogP contribution in [-0.4, -0.2) is 22.1 Å². The van der Waals surface area contributed by atoms with Gasteiger partial charge in [-0.15, -0.1) is 0 Å². The molecule has 0 aliphatic carbocycles. The second-order valence-electron chi connectivity index (χ2n) is 4.74. The van der Waals surface area contributed by atoms with Crippen LogP contribution in [0.25, 0.3) is 0 Å². The highest BCUT2D eigenvalue weighted by molar-refractivity contribution is 5.32. The topological polar surface area (TPSA) is 55.6 Å². The van der Waals surface area contributed by atoms with Crippen molar-refractivity contribution in [2.45, 2.75) is 46.4 Å². The summed E-state index contributed by atoms with van der Waals surface area (Å²) in [6, 6.07) is 7.02. The summed E-state index contributed by atoms with van der Waals surface area (Å²) < 4.78 is 0. The quantitative estimate of drug-likeness (QED) is 0.576. The maximum atomic E-state index is 10.5. The van der Waals surface area contributed by atoms with Crippen LogP contribution in [0.1, 0.15) is 33.3 Å². The number of nitrogens with zero attached hydrogens (tertiary/aromatic N) is 2. The normalized spacial score (nSPS) is 11.5. The summed E-state index contributed by atoms with van der Waals surface area (Å²) >= 11 is 0. The number of hydroxylamine groups is 2. The number of benzene rings is 1. The van der Waals surface area contributed by atoms with E-state index in [9.17, 15) is 10.1 Å². The number of nitro groups is 1. The lowest BCUT2D eigenvalue weighted by Crippen LogP contribution is -2.36. The molecule has 0 amide bonds. The molecule has 0 saturated carbocycles. The molecule has 0 bridgehead atoms. The monoisotopic (exact) mass is 252 g/mol. The first-order valence-corrected chi connectivity index (χ1v) is 6.06. The Hall–Kier alpha value is -1.46. The molecule has 5 nitrogen and oxygen atoms in total. The van der Waals surface area contributed by atoms with E-state index in [1.807, 2.05) is 5.06 Å². The van der Waals surface area contributed by atoms with Crippen molar-refractivity contribution < 1.29 is 9.76 Å². The van der Waals surface area contributed by atoms with Gasteiger partial charge in [-0.2, -0.15) is 5.06 Å². The molecule has 1 aromatic carbocycles. The Bertz CT molecular complexity index is 380. The fraction of sp³-hybridized carbons (Fsp3) is 0.538. The number of hydrogen-bond donors (Lipinski definition) is 0. The summed E-state index contributed by atoms with van der Waals surface area (Å²) in [5.74, 6) is 0. The first-order chi connectivity index (χ1) is 8.41. The van der Waals surface area contributed by atoms with Crippen LogP contribution in [-0.2, 0) is 11.4 Å². The van der Waals surface area contributed by atoms with Crippen LogP contribution in [0.5, 0.6) is 0 Å². The van der Waals surface area contributed by atoms with Gasteiger partial charge in [0.1, 0.15) is 0 Å². The van der Waals surface area contributed by atoms with Gasteiger partial charge < -0.3 is 0 Å². The summed E-state index contributed by atoms with van der Waals surface area (Å²) in [6.07, 6.45) is 0. The minimum Gasteiger partial charge on any atom is -0.294 e. The summed E-state index contributed by atoms with van der Waals surface area (Å²) in [6.45, 7) is 8.69. The largest absolute Gasteiger partial charge is 0.294 e. The molecular weight excluding hydrogens is 232 g/mol. The van der Waals surface area contributed by atoms with Crippen LogP contribution in [0, 0.1) is 10.1 Å². The Labute approximate surface area is 107 Å². The van der Waals surface area contributed by atoms with Gasteiger partial charge in [0.05, 0.1) is 11.5 Å². The molecule has 0 aromatic heterocycles. The predicted octanol–water partition coefficient (Wildman–Crippen LogP) is 3.15. The standard InChI is InChI=1S/C13H20N2O3/c1-10(2)14(11(3)4)18-9-12-5-7-13(8-6-12)15(16)17/h5-8,10-11H,9H2,1-4H3. The van der Waals surface area contributed by atoms with Gasteiger partial charge in [-0.1, -0.05) is 0 Å². The molecule has 18 heavy (non-hydrogen) atoms. The lowest BCUT2D eigenvalue weighted by Gasteiger charge is -2.29. The van der Waals surface area contributed by atoms with Gasteiger partial charge in [0, 0.05) is 24.2 Å².